The molecule has 2 saturated heterocycles. The maximum atomic E-state index is 13.7. The monoisotopic (exact) mass is 967 g/mol. The van der Waals surface area contributed by atoms with Gasteiger partial charge in [0.2, 0.25) is 17.7 Å². The number of alkyl halides is 3. The fraction of sp³-hybridized carbons (Fsp3) is 0.435. The first-order valence-corrected chi connectivity index (χ1v) is 22.7. The summed E-state index contributed by atoms with van der Waals surface area (Å²) in [7, 11) is 0. The van der Waals surface area contributed by atoms with Gasteiger partial charge in [-0.05, 0) is 81.8 Å². The van der Waals surface area contributed by atoms with Gasteiger partial charge in [0, 0.05) is 43.4 Å². The van der Waals surface area contributed by atoms with Gasteiger partial charge in [0.1, 0.15) is 42.3 Å². The molecule has 2 aliphatic rings. The number of halogens is 3. The number of likely N-dealkylation sites (tertiary alicyclic amines) is 1. The molecule has 358 valence electrons. The first kappa shape index (κ1) is 50.5. The number of hydrogen-bond acceptors (Lipinski definition) is 14. The number of carbonyl (C=O) groups is 4. The van der Waals surface area contributed by atoms with Crippen LogP contribution in [0, 0.1) is 18.3 Å². The number of aryl methyl sites for hydroxylation is 1. The number of hydrogen-bond donors (Lipinski definition) is 4. The SMILES string of the molecule is CC(=O)N[C@@H](C)C(=O)N1C[C@H](O)C[C@H]1C(=O)NCc1ccc(-c2scnc2C)cc1OCCOCCOCCOc1ccc(N2C(S)N(c3ccc(C#N)c(C(F)(F)F)c3)C(=O)C2(C)C)cc1. The Morgan fingerprint density at radius 1 is 1.00 bits per heavy atom. The number of aromatic nitrogens is 1. The third-order valence-electron chi connectivity index (χ3n) is 11.2. The number of thiol groups is 1. The Hall–Kier alpha value is -5.92. The quantitative estimate of drug-likeness (QED) is 0.0687. The van der Waals surface area contributed by atoms with E-state index in [0.29, 0.717) is 22.7 Å². The standard InChI is InChI=1S/C46H52F3N7O9S2/c1-27-40(67-26-52-27)30-6-7-32(24-51-41(59)38-22-35(58)25-54(38)42(60)28(2)53-29(3)57)39(20-30)65-19-17-63-15-14-62-16-18-64-36-12-10-33(11-13-36)56-44(66)55(43(61)45(56,4)5)34-9-8-31(23-50)37(21-34)46(47,48)49/h6-13,20-21,26,28,35,38,44,58,66H,14-19,22,24-25H2,1-5H3,(H,51,59)(H,53,57)/t28-,35+,38-,44?/m0/s1. The molecule has 0 radical (unpaired) electrons. The smallest absolute Gasteiger partial charge is 0.417 e. The van der Waals surface area contributed by atoms with Gasteiger partial charge < -0.3 is 44.5 Å². The van der Waals surface area contributed by atoms with Crippen LogP contribution in [0.15, 0.2) is 66.2 Å². The fourth-order valence-electron chi connectivity index (χ4n) is 7.86. The van der Waals surface area contributed by atoms with Crippen molar-refractivity contribution < 1.29 is 56.4 Å². The van der Waals surface area contributed by atoms with Gasteiger partial charge in [-0.15, -0.1) is 24.0 Å². The predicted molar refractivity (Wildman–Crippen MR) is 246 cm³/mol. The molecule has 4 amide bonds. The first-order valence-electron chi connectivity index (χ1n) is 21.3. The van der Waals surface area contributed by atoms with Crippen LogP contribution in [0.2, 0.25) is 0 Å². The molecule has 3 aromatic carbocycles. The highest BCUT2D eigenvalue weighted by molar-refractivity contribution is 7.81. The summed E-state index contributed by atoms with van der Waals surface area (Å²) in [5, 5.41) is 25.0. The predicted octanol–water partition coefficient (Wildman–Crippen LogP) is 5.45. The Labute approximate surface area is 395 Å². The summed E-state index contributed by atoms with van der Waals surface area (Å²) in [4.78, 5) is 61.0. The number of nitrogens with one attached hydrogen (secondary N) is 2. The normalized spacial score (nSPS) is 18.4. The van der Waals surface area contributed by atoms with Crippen LogP contribution < -0.4 is 29.9 Å². The van der Waals surface area contributed by atoms with E-state index in [0.717, 1.165) is 28.3 Å². The highest BCUT2D eigenvalue weighted by atomic mass is 32.1. The zero-order valence-corrected chi connectivity index (χ0v) is 39.2. The highest BCUT2D eigenvalue weighted by Crippen LogP contribution is 2.42. The van der Waals surface area contributed by atoms with E-state index in [4.69, 9.17) is 18.9 Å². The number of nitriles is 1. The fourth-order valence-corrected chi connectivity index (χ4v) is 9.32. The van der Waals surface area contributed by atoms with Crippen molar-refractivity contribution in [1.82, 2.24) is 20.5 Å². The van der Waals surface area contributed by atoms with Gasteiger partial charge in [0.15, 0.2) is 5.50 Å². The summed E-state index contributed by atoms with van der Waals surface area (Å²) in [6.45, 7) is 9.56. The number of aliphatic hydroxyl groups is 1. The van der Waals surface area contributed by atoms with E-state index < -0.39 is 64.2 Å². The summed E-state index contributed by atoms with van der Waals surface area (Å²) >= 11 is 6.13. The number of nitrogens with zero attached hydrogens (tertiary/aromatic N) is 5. The molecule has 21 heteroatoms. The molecule has 6 rings (SSSR count). The number of amides is 4. The van der Waals surface area contributed by atoms with Crippen molar-refractivity contribution >= 4 is 59.0 Å². The van der Waals surface area contributed by atoms with E-state index in [1.165, 1.54) is 41.1 Å². The Bertz CT molecular complexity index is 2470. The van der Waals surface area contributed by atoms with Crippen LogP contribution in [-0.2, 0) is 41.4 Å². The second-order valence-corrected chi connectivity index (χ2v) is 17.6. The van der Waals surface area contributed by atoms with Crippen LogP contribution in [0.25, 0.3) is 10.4 Å². The van der Waals surface area contributed by atoms with Crippen LogP contribution in [-0.4, -0.2) is 114 Å². The summed E-state index contributed by atoms with van der Waals surface area (Å²) in [6, 6.07) is 15.4. The molecule has 16 nitrogen and oxygen atoms in total. The molecule has 2 fully saturated rings. The third-order valence-corrected chi connectivity index (χ3v) is 12.6. The Morgan fingerprint density at radius 2 is 1.66 bits per heavy atom. The highest BCUT2D eigenvalue weighted by Gasteiger charge is 2.52. The van der Waals surface area contributed by atoms with Crippen LogP contribution in [0.5, 0.6) is 11.5 Å². The molecule has 4 atom stereocenters. The topological polar surface area (TPSA) is 196 Å². The lowest BCUT2D eigenvalue weighted by Gasteiger charge is -2.33. The molecule has 0 spiro atoms. The van der Waals surface area contributed by atoms with E-state index in [2.05, 4.69) is 28.2 Å². The van der Waals surface area contributed by atoms with Gasteiger partial charge in [-0.25, -0.2) is 4.98 Å². The lowest BCUT2D eigenvalue weighted by atomic mass is 10.0. The second-order valence-electron chi connectivity index (χ2n) is 16.3. The molecular formula is C46H52F3N7O9S2. The van der Waals surface area contributed by atoms with Gasteiger partial charge in [-0.3, -0.25) is 24.1 Å². The maximum absolute atomic E-state index is 13.7. The minimum atomic E-state index is -4.79. The number of rotatable bonds is 19. The van der Waals surface area contributed by atoms with E-state index >= 15 is 0 Å². The van der Waals surface area contributed by atoms with Crippen LogP contribution in [0.3, 0.4) is 0 Å². The van der Waals surface area contributed by atoms with Crippen LogP contribution in [0.1, 0.15) is 56.5 Å². The zero-order valence-electron chi connectivity index (χ0n) is 37.5. The third kappa shape index (κ3) is 12.0. The van der Waals surface area contributed by atoms with Crippen LogP contribution in [0.4, 0.5) is 24.5 Å². The van der Waals surface area contributed by atoms with E-state index in [-0.39, 0.29) is 70.7 Å². The summed E-state index contributed by atoms with van der Waals surface area (Å²) in [5.41, 5.74) is 0.925. The minimum absolute atomic E-state index is 0.0245. The van der Waals surface area contributed by atoms with Gasteiger partial charge in [-0.2, -0.15) is 18.4 Å². The summed E-state index contributed by atoms with van der Waals surface area (Å²) < 4.78 is 64.6. The van der Waals surface area contributed by atoms with Gasteiger partial charge in [0.05, 0.1) is 65.8 Å². The molecule has 0 saturated carbocycles. The molecule has 3 heterocycles. The number of aliphatic hydroxyl groups excluding tert-OH is 1. The van der Waals surface area contributed by atoms with Crippen LogP contribution >= 0.6 is 24.0 Å². The number of carbonyl (C=O) groups excluding carboxylic acids is 4. The molecule has 1 aromatic heterocycles. The first-order chi connectivity index (χ1) is 31.8. The molecule has 4 aromatic rings. The molecular weight excluding hydrogens is 916 g/mol. The van der Waals surface area contributed by atoms with Gasteiger partial charge in [0.25, 0.3) is 5.91 Å². The molecule has 67 heavy (non-hydrogen) atoms. The van der Waals surface area contributed by atoms with Crippen molar-refractivity contribution in [1.29, 1.82) is 5.26 Å². The lowest BCUT2D eigenvalue weighted by Crippen LogP contribution is -2.52. The van der Waals surface area contributed by atoms with Gasteiger partial charge in [-0.1, -0.05) is 12.1 Å². The van der Waals surface area contributed by atoms with Gasteiger partial charge >= 0.3 is 6.18 Å². The zero-order chi connectivity index (χ0) is 48.6. The van der Waals surface area contributed by atoms with Crippen molar-refractivity contribution in [2.45, 2.75) is 83.0 Å². The van der Waals surface area contributed by atoms with Crippen molar-refractivity contribution in [3.63, 3.8) is 0 Å². The number of ether oxygens (including phenoxy) is 4. The average Bonchev–Trinajstić information content (AvgIpc) is 3.95. The van der Waals surface area contributed by atoms with E-state index in [9.17, 15) is 42.7 Å². The van der Waals surface area contributed by atoms with E-state index in [1.807, 2.05) is 25.1 Å². The lowest BCUT2D eigenvalue weighted by molar-refractivity contribution is -0.141. The van der Waals surface area contributed by atoms with Crippen molar-refractivity contribution in [2.75, 3.05) is 56.0 Å². The number of anilines is 2. The Morgan fingerprint density at radius 3 is 2.28 bits per heavy atom. The number of benzene rings is 3. The summed E-state index contributed by atoms with van der Waals surface area (Å²) in [6.07, 6.45) is -5.61. The van der Waals surface area contributed by atoms with Crippen molar-refractivity contribution in [3.8, 4) is 28.0 Å². The Balaban J connectivity index is 0.947. The molecule has 2 aliphatic heterocycles. The van der Waals surface area contributed by atoms with Crippen molar-refractivity contribution in [3.05, 3.63) is 88.6 Å². The molecule has 3 N–H and O–H groups in total. The number of β-amino-alcohol motifs (C(OH)–C–C–N with tert-alkyl or cyclic N) is 1. The summed E-state index contributed by atoms with van der Waals surface area (Å²) in [5.74, 6) is -0.719. The molecule has 1 unspecified atom stereocenters. The average molecular weight is 968 g/mol. The number of thiazole rings is 1. The maximum Gasteiger partial charge on any atom is 0.417 e. The van der Waals surface area contributed by atoms with Crippen molar-refractivity contribution in [2.24, 2.45) is 0 Å². The second kappa shape index (κ2) is 21.8. The minimum Gasteiger partial charge on any atom is -0.491 e. The largest absolute Gasteiger partial charge is 0.491 e. The molecule has 0 aliphatic carbocycles. The molecule has 0 bridgehead atoms. The Kier molecular flexibility index (Phi) is 16.4. The van der Waals surface area contributed by atoms with E-state index in [1.54, 1.807) is 54.6 Å².